The number of fused-ring (bicyclic) bond motifs is 1. The summed E-state index contributed by atoms with van der Waals surface area (Å²) in [6, 6.07) is 0. The summed E-state index contributed by atoms with van der Waals surface area (Å²) in [6.07, 6.45) is 11.7. The van der Waals surface area contributed by atoms with Crippen molar-refractivity contribution in [1.29, 1.82) is 0 Å². The van der Waals surface area contributed by atoms with Crippen molar-refractivity contribution in [3.8, 4) is 0 Å². The second kappa shape index (κ2) is 5.81. The predicted octanol–water partition coefficient (Wildman–Crippen LogP) is 5.85. The first kappa shape index (κ1) is 14.8. The first-order valence-electron chi connectivity index (χ1n) is 6.48. The Morgan fingerprint density at radius 1 is 1.50 bits per heavy atom. The first-order valence-corrected chi connectivity index (χ1v) is 9.08. The summed E-state index contributed by atoms with van der Waals surface area (Å²) in [6.45, 7) is 8.70. The first-order chi connectivity index (χ1) is 8.52. The predicted molar refractivity (Wildman–Crippen MR) is 97.3 cm³/mol. The molecular weight excluding hydrogens is 446 g/mol. The maximum atomic E-state index is 3.90. The third-order valence-corrected chi connectivity index (χ3v) is 5.64. The van der Waals surface area contributed by atoms with E-state index in [9.17, 15) is 0 Å². The molecule has 0 aromatic heterocycles. The van der Waals surface area contributed by atoms with Crippen LogP contribution in [0.1, 0.15) is 26.7 Å². The fourth-order valence-corrected chi connectivity index (χ4v) is 4.62. The molecule has 0 nitrogen and oxygen atoms in total. The maximum Gasteiger partial charge on any atom is 0.0181 e. The minimum Gasteiger partial charge on any atom is -0.0991 e. The molecule has 2 heteroatoms. The van der Waals surface area contributed by atoms with Crippen molar-refractivity contribution in [2.45, 2.75) is 26.7 Å². The van der Waals surface area contributed by atoms with E-state index >= 15 is 0 Å². The number of rotatable bonds is 2. The Kier molecular flexibility index (Phi) is 4.79. The number of allylic oxidation sites excluding steroid dienone is 7. The van der Waals surface area contributed by atoms with Gasteiger partial charge in [-0.15, -0.1) is 0 Å². The standard InChI is InChI=1S/C16H20I2/c1-4-5-12-13-7-6-11(18)10-15(13)16(2,3)14(12)8-9-17/h4-5,8,10,13,15H,1,6-7,9H2,2-3H3/b12-5-,14-8+. The van der Waals surface area contributed by atoms with Gasteiger partial charge in [0.1, 0.15) is 0 Å². The van der Waals surface area contributed by atoms with Crippen LogP contribution in [0.3, 0.4) is 0 Å². The smallest absolute Gasteiger partial charge is 0.0181 e. The molecule has 0 N–H and O–H groups in total. The zero-order chi connectivity index (χ0) is 13.3. The van der Waals surface area contributed by atoms with Gasteiger partial charge in [-0.25, -0.2) is 0 Å². The zero-order valence-electron chi connectivity index (χ0n) is 11.0. The summed E-state index contributed by atoms with van der Waals surface area (Å²) in [4.78, 5) is 0. The molecule has 18 heavy (non-hydrogen) atoms. The van der Waals surface area contributed by atoms with Gasteiger partial charge >= 0.3 is 0 Å². The van der Waals surface area contributed by atoms with Crippen molar-refractivity contribution in [3.05, 3.63) is 45.6 Å². The number of alkyl halides is 1. The van der Waals surface area contributed by atoms with Crippen LogP contribution in [0.25, 0.3) is 0 Å². The molecule has 2 aliphatic rings. The molecule has 2 unspecified atom stereocenters. The molecule has 0 bridgehead atoms. The molecule has 0 aliphatic heterocycles. The average Bonchev–Trinajstić information content (AvgIpc) is 2.52. The van der Waals surface area contributed by atoms with Crippen LogP contribution in [0.4, 0.5) is 0 Å². The third kappa shape index (κ3) is 2.51. The van der Waals surface area contributed by atoms with Crippen molar-refractivity contribution < 1.29 is 0 Å². The summed E-state index contributed by atoms with van der Waals surface area (Å²) in [5.74, 6) is 1.37. The van der Waals surface area contributed by atoms with Gasteiger partial charge in [-0.2, -0.15) is 0 Å². The van der Waals surface area contributed by atoms with E-state index in [1.54, 1.807) is 5.57 Å². The van der Waals surface area contributed by atoms with Gasteiger partial charge in [0.25, 0.3) is 0 Å². The van der Waals surface area contributed by atoms with Crippen LogP contribution in [0.2, 0.25) is 0 Å². The van der Waals surface area contributed by atoms with E-state index < -0.39 is 0 Å². The molecule has 1 fully saturated rings. The zero-order valence-corrected chi connectivity index (χ0v) is 15.4. The fraction of sp³-hybridized carbons (Fsp3) is 0.500. The van der Waals surface area contributed by atoms with Crippen LogP contribution in [0.5, 0.6) is 0 Å². The minimum atomic E-state index is 0.265. The third-order valence-electron chi connectivity index (χ3n) is 4.30. The van der Waals surface area contributed by atoms with E-state index in [0.29, 0.717) is 11.8 Å². The minimum absolute atomic E-state index is 0.265. The van der Waals surface area contributed by atoms with Gasteiger partial charge in [-0.3, -0.25) is 0 Å². The Hall–Kier alpha value is 0.420. The summed E-state index contributed by atoms with van der Waals surface area (Å²) in [5, 5.41) is 0. The van der Waals surface area contributed by atoms with Gasteiger partial charge < -0.3 is 0 Å². The number of hydrogen-bond donors (Lipinski definition) is 0. The lowest BCUT2D eigenvalue weighted by Gasteiger charge is -2.31. The lowest BCUT2D eigenvalue weighted by atomic mass is 9.74. The van der Waals surface area contributed by atoms with E-state index in [-0.39, 0.29) is 5.41 Å². The van der Waals surface area contributed by atoms with Crippen LogP contribution in [-0.2, 0) is 0 Å². The van der Waals surface area contributed by atoms with Gasteiger partial charge in [0.2, 0.25) is 0 Å². The van der Waals surface area contributed by atoms with Crippen molar-refractivity contribution >= 4 is 45.2 Å². The molecule has 0 amide bonds. The number of hydrogen-bond acceptors (Lipinski definition) is 0. The molecule has 0 aromatic rings. The lowest BCUT2D eigenvalue weighted by molar-refractivity contribution is 0.289. The van der Waals surface area contributed by atoms with Crippen LogP contribution < -0.4 is 0 Å². The molecule has 0 radical (unpaired) electrons. The van der Waals surface area contributed by atoms with Gasteiger partial charge in [0.05, 0.1) is 0 Å². The summed E-state index contributed by atoms with van der Waals surface area (Å²) < 4.78 is 2.63. The highest BCUT2D eigenvalue weighted by Crippen LogP contribution is 2.58. The Bertz CT molecular complexity index is 438. The fourth-order valence-electron chi connectivity index (χ4n) is 3.48. The largest absolute Gasteiger partial charge is 0.0991 e. The van der Waals surface area contributed by atoms with E-state index in [2.05, 4.69) is 83.8 Å². The van der Waals surface area contributed by atoms with Gasteiger partial charge in [0, 0.05) is 4.43 Å². The second-order valence-corrected chi connectivity index (χ2v) is 7.90. The Balaban J connectivity index is 2.53. The molecule has 98 valence electrons. The molecular formula is C16H20I2. The van der Waals surface area contributed by atoms with Crippen LogP contribution in [0.15, 0.2) is 45.6 Å². The molecule has 0 aromatic carbocycles. The molecule has 2 atom stereocenters. The van der Waals surface area contributed by atoms with E-state index in [1.165, 1.54) is 22.0 Å². The monoisotopic (exact) mass is 466 g/mol. The SMILES string of the molecule is C=C/C=C1\C(=C/CI)C(C)(C)C2C=C(I)CCC12. The highest BCUT2D eigenvalue weighted by Gasteiger charge is 2.48. The van der Waals surface area contributed by atoms with Crippen LogP contribution in [-0.4, -0.2) is 4.43 Å². The Labute approximate surface area is 138 Å². The maximum absolute atomic E-state index is 3.90. The number of halogens is 2. The Morgan fingerprint density at radius 2 is 2.22 bits per heavy atom. The van der Waals surface area contributed by atoms with Crippen LogP contribution in [0, 0.1) is 17.3 Å². The van der Waals surface area contributed by atoms with Crippen molar-refractivity contribution in [2.24, 2.45) is 17.3 Å². The highest BCUT2D eigenvalue weighted by molar-refractivity contribution is 14.1. The van der Waals surface area contributed by atoms with Crippen molar-refractivity contribution in [3.63, 3.8) is 0 Å². The molecule has 1 saturated carbocycles. The van der Waals surface area contributed by atoms with Gasteiger partial charge in [-0.05, 0) is 67.4 Å². The lowest BCUT2D eigenvalue weighted by Crippen LogP contribution is -2.23. The van der Waals surface area contributed by atoms with E-state index in [1.807, 2.05) is 6.08 Å². The summed E-state index contributed by atoms with van der Waals surface area (Å²) in [5.41, 5.74) is 3.35. The quantitative estimate of drug-likeness (QED) is 0.354. The van der Waals surface area contributed by atoms with Crippen molar-refractivity contribution in [1.82, 2.24) is 0 Å². The average molecular weight is 466 g/mol. The molecule has 0 spiro atoms. The summed E-state index contributed by atoms with van der Waals surface area (Å²) >= 11 is 4.95. The van der Waals surface area contributed by atoms with E-state index in [0.717, 1.165) is 4.43 Å². The van der Waals surface area contributed by atoms with Crippen LogP contribution >= 0.6 is 45.2 Å². The van der Waals surface area contributed by atoms with Gasteiger partial charge in [0.15, 0.2) is 0 Å². The highest BCUT2D eigenvalue weighted by atomic mass is 127. The Morgan fingerprint density at radius 3 is 2.83 bits per heavy atom. The van der Waals surface area contributed by atoms with Crippen molar-refractivity contribution in [2.75, 3.05) is 4.43 Å². The molecule has 2 rings (SSSR count). The van der Waals surface area contributed by atoms with Gasteiger partial charge in [-0.1, -0.05) is 67.3 Å². The molecule has 2 aliphatic carbocycles. The normalized spacial score (nSPS) is 34.6. The summed E-state index contributed by atoms with van der Waals surface area (Å²) in [7, 11) is 0. The molecule has 0 heterocycles. The molecule has 0 saturated heterocycles. The van der Waals surface area contributed by atoms with E-state index in [4.69, 9.17) is 0 Å². The topological polar surface area (TPSA) is 0 Å². The second-order valence-electron chi connectivity index (χ2n) is 5.64.